The van der Waals surface area contributed by atoms with Gasteiger partial charge < -0.3 is 10.1 Å². The Balaban J connectivity index is 2.17. The molecule has 0 spiro atoms. The maximum absolute atomic E-state index is 12.1. The summed E-state index contributed by atoms with van der Waals surface area (Å²) in [6.45, 7) is 1.86. The van der Waals surface area contributed by atoms with Crippen molar-refractivity contribution in [3.63, 3.8) is 0 Å². The van der Waals surface area contributed by atoms with Crippen LogP contribution in [0.25, 0.3) is 0 Å². The van der Waals surface area contributed by atoms with E-state index in [2.05, 4.69) is 15.0 Å². The van der Waals surface area contributed by atoms with Gasteiger partial charge >= 0.3 is 5.97 Å². The number of aryl methyl sites for hydroxylation is 1. The monoisotopic (exact) mass is 304 g/mol. The lowest BCUT2D eigenvalue weighted by molar-refractivity contribution is 0.0600. The van der Waals surface area contributed by atoms with Crippen molar-refractivity contribution in [2.75, 3.05) is 12.4 Å². The Morgan fingerprint density at radius 1 is 1.24 bits per heavy atom. The summed E-state index contributed by atoms with van der Waals surface area (Å²) in [5, 5.41) is 3.26. The standard InChI is InChI=1S/C15H13ClN2O3/c1-9-3-5-11(16)7-13(9)18-14(19)12-6-4-10(8-17-12)15(20)21-2/h3-8H,1-2H3,(H,18,19). The summed E-state index contributed by atoms with van der Waals surface area (Å²) in [4.78, 5) is 27.3. The largest absolute Gasteiger partial charge is 0.465 e. The molecular weight excluding hydrogens is 292 g/mol. The van der Waals surface area contributed by atoms with Crippen molar-refractivity contribution in [3.05, 3.63) is 58.4 Å². The molecule has 0 aliphatic rings. The Morgan fingerprint density at radius 2 is 2.00 bits per heavy atom. The van der Waals surface area contributed by atoms with Crippen LogP contribution in [0.5, 0.6) is 0 Å². The Morgan fingerprint density at radius 3 is 2.62 bits per heavy atom. The second-order valence-electron chi connectivity index (χ2n) is 4.34. The molecule has 0 aliphatic carbocycles. The van der Waals surface area contributed by atoms with Crippen molar-refractivity contribution in [2.45, 2.75) is 6.92 Å². The van der Waals surface area contributed by atoms with Gasteiger partial charge in [-0.15, -0.1) is 0 Å². The van der Waals surface area contributed by atoms with E-state index in [-0.39, 0.29) is 17.2 Å². The van der Waals surface area contributed by atoms with Crippen LogP contribution < -0.4 is 5.32 Å². The number of nitrogens with zero attached hydrogens (tertiary/aromatic N) is 1. The molecule has 0 radical (unpaired) electrons. The molecule has 2 rings (SSSR count). The van der Waals surface area contributed by atoms with E-state index in [0.717, 1.165) is 5.56 Å². The highest BCUT2D eigenvalue weighted by atomic mass is 35.5. The number of esters is 1. The fourth-order valence-corrected chi connectivity index (χ4v) is 1.85. The van der Waals surface area contributed by atoms with Crippen LogP contribution in [0.3, 0.4) is 0 Å². The van der Waals surface area contributed by atoms with Gasteiger partial charge in [-0.2, -0.15) is 0 Å². The summed E-state index contributed by atoms with van der Waals surface area (Å²) in [6.07, 6.45) is 1.30. The lowest BCUT2D eigenvalue weighted by atomic mass is 10.2. The zero-order valence-corrected chi connectivity index (χ0v) is 12.3. The number of ether oxygens (including phenoxy) is 1. The minimum absolute atomic E-state index is 0.196. The van der Waals surface area contributed by atoms with Crippen LogP contribution in [0.2, 0.25) is 5.02 Å². The molecule has 1 amide bonds. The number of pyridine rings is 1. The number of hydrogen-bond acceptors (Lipinski definition) is 4. The molecule has 0 atom stereocenters. The minimum Gasteiger partial charge on any atom is -0.465 e. The van der Waals surface area contributed by atoms with Gasteiger partial charge in [0.1, 0.15) is 5.69 Å². The number of aromatic nitrogens is 1. The molecule has 1 heterocycles. The fourth-order valence-electron chi connectivity index (χ4n) is 1.68. The number of nitrogens with one attached hydrogen (secondary N) is 1. The highest BCUT2D eigenvalue weighted by Gasteiger charge is 2.11. The molecule has 0 saturated carbocycles. The first kappa shape index (κ1) is 15.0. The molecule has 108 valence electrons. The Labute approximate surface area is 126 Å². The highest BCUT2D eigenvalue weighted by molar-refractivity contribution is 6.31. The zero-order valence-electron chi connectivity index (χ0n) is 11.5. The maximum atomic E-state index is 12.1. The second-order valence-corrected chi connectivity index (χ2v) is 4.77. The van der Waals surface area contributed by atoms with Gasteiger partial charge in [-0.1, -0.05) is 17.7 Å². The number of rotatable bonds is 3. The molecule has 1 aromatic carbocycles. The quantitative estimate of drug-likeness (QED) is 0.885. The predicted molar refractivity (Wildman–Crippen MR) is 79.7 cm³/mol. The zero-order chi connectivity index (χ0) is 15.4. The van der Waals surface area contributed by atoms with Gasteiger partial charge in [-0.05, 0) is 36.8 Å². The van der Waals surface area contributed by atoms with Crippen molar-refractivity contribution in [2.24, 2.45) is 0 Å². The number of benzene rings is 1. The van der Waals surface area contributed by atoms with Gasteiger partial charge in [0.25, 0.3) is 5.91 Å². The average molecular weight is 305 g/mol. The Kier molecular flexibility index (Phi) is 4.55. The topological polar surface area (TPSA) is 68.3 Å². The molecule has 2 aromatic rings. The van der Waals surface area contributed by atoms with E-state index in [1.54, 1.807) is 12.1 Å². The van der Waals surface area contributed by atoms with Crippen molar-refractivity contribution in [3.8, 4) is 0 Å². The Hall–Kier alpha value is -2.40. The molecule has 1 aromatic heterocycles. The number of carbonyl (C=O) groups excluding carboxylic acids is 2. The summed E-state index contributed by atoms with van der Waals surface area (Å²) >= 11 is 5.90. The molecule has 6 heteroatoms. The molecule has 5 nitrogen and oxygen atoms in total. The van der Waals surface area contributed by atoms with Gasteiger partial charge in [-0.3, -0.25) is 9.78 Å². The van der Waals surface area contributed by atoms with Gasteiger partial charge in [0.2, 0.25) is 0 Å². The Bertz CT molecular complexity index is 684. The van der Waals surface area contributed by atoms with Gasteiger partial charge in [0.05, 0.1) is 12.7 Å². The summed E-state index contributed by atoms with van der Waals surface area (Å²) in [6, 6.07) is 8.17. The predicted octanol–water partition coefficient (Wildman–Crippen LogP) is 3.08. The van der Waals surface area contributed by atoms with Crippen LogP contribution >= 0.6 is 11.6 Å². The van der Waals surface area contributed by atoms with E-state index in [1.165, 1.54) is 25.4 Å². The minimum atomic E-state index is -0.500. The number of hydrogen-bond donors (Lipinski definition) is 1. The first-order valence-electron chi connectivity index (χ1n) is 6.13. The smallest absolute Gasteiger partial charge is 0.339 e. The molecule has 0 fully saturated rings. The van der Waals surface area contributed by atoms with Crippen molar-refractivity contribution in [1.82, 2.24) is 4.98 Å². The lowest BCUT2D eigenvalue weighted by Crippen LogP contribution is -2.15. The molecular formula is C15H13ClN2O3. The second kappa shape index (κ2) is 6.37. The number of methoxy groups -OCH3 is 1. The van der Waals surface area contributed by atoms with Crippen molar-refractivity contribution < 1.29 is 14.3 Å². The van der Waals surface area contributed by atoms with Gasteiger partial charge in [-0.25, -0.2) is 4.79 Å². The highest BCUT2D eigenvalue weighted by Crippen LogP contribution is 2.20. The third-order valence-corrected chi connectivity index (χ3v) is 3.10. The summed E-state index contributed by atoms with van der Waals surface area (Å²) in [5.74, 6) is -0.878. The normalized spacial score (nSPS) is 10.0. The lowest BCUT2D eigenvalue weighted by Gasteiger charge is -2.08. The van der Waals surface area contributed by atoms with E-state index in [0.29, 0.717) is 10.7 Å². The number of carbonyl (C=O) groups is 2. The van der Waals surface area contributed by atoms with Crippen LogP contribution in [-0.4, -0.2) is 24.0 Å². The third-order valence-electron chi connectivity index (χ3n) is 2.87. The number of halogens is 1. The SMILES string of the molecule is COC(=O)c1ccc(C(=O)Nc2cc(Cl)ccc2C)nc1. The first-order valence-corrected chi connectivity index (χ1v) is 6.51. The van der Waals surface area contributed by atoms with E-state index in [9.17, 15) is 9.59 Å². The van der Waals surface area contributed by atoms with Gasteiger partial charge in [0.15, 0.2) is 0 Å². The molecule has 21 heavy (non-hydrogen) atoms. The van der Waals surface area contributed by atoms with E-state index in [4.69, 9.17) is 11.6 Å². The molecule has 0 aliphatic heterocycles. The van der Waals surface area contributed by atoms with Crippen LogP contribution in [0, 0.1) is 6.92 Å². The van der Waals surface area contributed by atoms with Crippen molar-refractivity contribution >= 4 is 29.2 Å². The van der Waals surface area contributed by atoms with Crippen LogP contribution in [0.1, 0.15) is 26.4 Å². The summed E-state index contributed by atoms with van der Waals surface area (Å²) in [5.41, 5.74) is 1.99. The average Bonchev–Trinajstić information content (AvgIpc) is 2.50. The van der Waals surface area contributed by atoms with Gasteiger partial charge in [0, 0.05) is 16.9 Å². The maximum Gasteiger partial charge on any atom is 0.339 e. The number of anilines is 1. The van der Waals surface area contributed by atoms with E-state index in [1.807, 2.05) is 13.0 Å². The van der Waals surface area contributed by atoms with E-state index < -0.39 is 5.97 Å². The third kappa shape index (κ3) is 3.58. The molecule has 1 N–H and O–H groups in total. The first-order chi connectivity index (χ1) is 10.0. The molecule has 0 saturated heterocycles. The molecule has 0 unspecified atom stereocenters. The summed E-state index contributed by atoms with van der Waals surface area (Å²) < 4.78 is 4.57. The van der Waals surface area contributed by atoms with Crippen LogP contribution in [0.15, 0.2) is 36.5 Å². The molecule has 0 bridgehead atoms. The fraction of sp³-hybridized carbons (Fsp3) is 0.133. The summed E-state index contributed by atoms with van der Waals surface area (Å²) in [7, 11) is 1.28. The van der Waals surface area contributed by atoms with Crippen LogP contribution in [-0.2, 0) is 4.74 Å². The number of amides is 1. The van der Waals surface area contributed by atoms with Crippen molar-refractivity contribution in [1.29, 1.82) is 0 Å². The van der Waals surface area contributed by atoms with Crippen LogP contribution in [0.4, 0.5) is 5.69 Å². The van der Waals surface area contributed by atoms with E-state index >= 15 is 0 Å².